The molecule has 1 atom stereocenters. The van der Waals surface area contributed by atoms with Crippen molar-refractivity contribution in [2.75, 3.05) is 51.8 Å². The lowest BCUT2D eigenvalue weighted by molar-refractivity contribution is 0.0714. The number of hydrogen-bond donors (Lipinski definition) is 1. The molecule has 7 rings (SSSR count). The van der Waals surface area contributed by atoms with Crippen molar-refractivity contribution in [2.45, 2.75) is 13.0 Å². The van der Waals surface area contributed by atoms with Crippen molar-refractivity contribution in [3.63, 3.8) is 0 Å². The number of carbonyl (C=O) groups excluding carboxylic acids is 1. The second kappa shape index (κ2) is 10.7. The monoisotopic (exact) mass is 557 g/mol. The molecule has 1 N–H and O–H groups in total. The Labute approximate surface area is 246 Å². The molecule has 1 saturated heterocycles. The van der Waals surface area contributed by atoms with Crippen LogP contribution in [-0.2, 0) is 0 Å². The second-order valence-corrected chi connectivity index (χ2v) is 11.5. The molecule has 2 aliphatic rings. The van der Waals surface area contributed by atoms with E-state index in [9.17, 15) is 4.79 Å². The van der Waals surface area contributed by atoms with E-state index >= 15 is 0 Å². The lowest BCUT2D eigenvalue weighted by atomic mass is 9.99. The Morgan fingerprint density at radius 1 is 0.857 bits per heavy atom. The molecule has 0 spiro atoms. The minimum absolute atomic E-state index is 0.0406. The molecular weight excluding hydrogens is 522 g/mol. The molecule has 5 aromatic rings. The lowest BCUT2D eigenvalue weighted by Gasteiger charge is -2.35. The molecule has 1 fully saturated rings. The number of aryl methyl sites for hydroxylation is 1. The highest BCUT2D eigenvalue weighted by molar-refractivity contribution is 6.00. The number of amides is 1. The highest BCUT2D eigenvalue weighted by atomic mass is 16.5. The normalized spacial score (nSPS) is 17.7. The number of pyridine rings is 1. The fourth-order valence-electron chi connectivity index (χ4n) is 6.23. The number of carbonyl (C=O) groups is 1. The molecule has 42 heavy (non-hydrogen) atoms. The number of ether oxygens (including phenoxy) is 1. The van der Waals surface area contributed by atoms with Crippen molar-refractivity contribution in [3.05, 3.63) is 102 Å². The summed E-state index contributed by atoms with van der Waals surface area (Å²) in [4.78, 5) is 28.2. The first-order chi connectivity index (χ1) is 20.5. The van der Waals surface area contributed by atoms with E-state index in [-0.39, 0.29) is 11.9 Å². The third kappa shape index (κ3) is 4.69. The van der Waals surface area contributed by atoms with Crippen molar-refractivity contribution in [3.8, 4) is 28.0 Å². The van der Waals surface area contributed by atoms with Crippen LogP contribution in [0, 0.1) is 6.92 Å². The number of fused-ring (bicyclic) bond motifs is 2. The van der Waals surface area contributed by atoms with Crippen molar-refractivity contribution >= 4 is 22.6 Å². The van der Waals surface area contributed by atoms with Crippen LogP contribution in [0.3, 0.4) is 0 Å². The first-order valence-electron chi connectivity index (χ1n) is 14.6. The summed E-state index contributed by atoms with van der Waals surface area (Å²) in [5.41, 5.74) is 9.28. The Kier molecular flexibility index (Phi) is 6.67. The maximum absolute atomic E-state index is 13.4. The van der Waals surface area contributed by atoms with E-state index in [1.165, 1.54) is 11.3 Å². The summed E-state index contributed by atoms with van der Waals surface area (Å²) >= 11 is 0. The van der Waals surface area contributed by atoms with Gasteiger partial charge in [0.05, 0.1) is 11.6 Å². The zero-order chi connectivity index (χ0) is 28.8. The van der Waals surface area contributed by atoms with Gasteiger partial charge in [0.25, 0.3) is 5.91 Å². The number of hydrogen-bond acceptors (Lipinski definition) is 5. The van der Waals surface area contributed by atoms with E-state index in [4.69, 9.17) is 9.72 Å². The number of piperazine rings is 1. The molecule has 212 valence electrons. The van der Waals surface area contributed by atoms with E-state index in [0.717, 1.165) is 65.0 Å². The molecule has 7 heteroatoms. The van der Waals surface area contributed by atoms with Gasteiger partial charge in [0, 0.05) is 67.8 Å². The highest BCUT2D eigenvalue weighted by Gasteiger charge is 2.29. The number of benzene rings is 3. The minimum Gasteiger partial charge on any atom is -0.490 e. The first kappa shape index (κ1) is 26.3. The highest BCUT2D eigenvalue weighted by Crippen LogP contribution is 2.37. The summed E-state index contributed by atoms with van der Waals surface area (Å²) in [5.74, 6) is 0.567. The van der Waals surface area contributed by atoms with Gasteiger partial charge in [-0.05, 0) is 66.6 Å². The SMILES string of the molecule is Cc1cc(-c2cnc3[nH]cc(-c4ccc5c(c4)OCC(c4ccccc4)N(C)C5=O)c3c2)ccc1N1CCN(C)CC1. The maximum Gasteiger partial charge on any atom is 0.257 e. The van der Waals surface area contributed by atoms with Crippen LogP contribution in [-0.4, -0.2) is 72.6 Å². The molecular formula is C35H35N5O2. The zero-order valence-corrected chi connectivity index (χ0v) is 24.3. The van der Waals surface area contributed by atoms with Crippen LogP contribution in [0.2, 0.25) is 0 Å². The van der Waals surface area contributed by atoms with Crippen LogP contribution in [0.4, 0.5) is 5.69 Å². The van der Waals surface area contributed by atoms with Gasteiger partial charge in [-0.3, -0.25) is 4.79 Å². The molecule has 4 heterocycles. The Hall–Kier alpha value is -4.62. The molecule has 1 amide bonds. The first-order valence-corrected chi connectivity index (χ1v) is 14.6. The van der Waals surface area contributed by atoms with Crippen LogP contribution < -0.4 is 9.64 Å². The number of nitrogens with one attached hydrogen (secondary N) is 1. The van der Waals surface area contributed by atoms with E-state index in [2.05, 4.69) is 53.0 Å². The number of aromatic amines is 1. The average Bonchev–Trinajstić information content (AvgIpc) is 3.40. The molecule has 1 unspecified atom stereocenters. The minimum atomic E-state index is -0.152. The summed E-state index contributed by atoms with van der Waals surface area (Å²) in [5, 5.41) is 1.03. The van der Waals surface area contributed by atoms with Crippen LogP contribution >= 0.6 is 0 Å². The van der Waals surface area contributed by atoms with Crippen LogP contribution in [0.25, 0.3) is 33.3 Å². The largest absolute Gasteiger partial charge is 0.490 e. The van der Waals surface area contributed by atoms with Crippen molar-refractivity contribution in [1.29, 1.82) is 0 Å². The number of anilines is 1. The fraction of sp³-hybridized carbons (Fsp3) is 0.257. The van der Waals surface area contributed by atoms with E-state index in [0.29, 0.717) is 17.9 Å². The second-order valence-electron chi connectivity index (χ2n) is 11.5. The van der Waals surface area contributed by atoms with Gasteiger partial charge in [-0.15, -0.1) is 0 Å². The van der Waals surface area contributed by atoms with Crippen LogP contribution in [0.1, 0.15) is 27.5 Å². The Morgan fingerprint density at radius 3 is 2.43 bits per heavy atom. The average molecular weight is 558 g/mol. The summed E-state index contributed by atoms with van der Waals surface area (Å²) in [7, 11) is 4.03. The Bertz CT molecular complexity index is 1770. The quantitative estimate of drug-likeness (QED) is 0.287. The van der Waals surface area contributed by atoms with Crippen LogP contribution in [0.5, 0.6) is 5.75 Å². The van der Waals surface area contributed by atoms with Crippen molar-refractivity contribution in [1.82, 2.24) is 19.8 Å². The summed E-state index contributed by atoms with van der Waals surface area (Å²) in [6.45, 7) is 6.87. The van der Waals surface area contributed by atoms with Gasteiger partial charge in [0.2, 0.25) is 0 Å². The van der Waals surface area contributed by atoms with E-state index in [1.807, 2.05) is 68.0 Å². The predicted octanol–water partition coefficient (Wildman–Crippen LogP) is 6.16. The number of nitrogens with zero attached hydrogens (tertiary/aromatic N) is 4. The maximum atomic E-state index is 13.4. The molecule has 0 radical (unpaired) electrons. The predicted molar refractivity (Wildman–Crippen MR) is 168 cm³/mol. The Balaban J connectivity index is 1.19. The molecule has 3 aromatic carbocycles. The molecule has 0 bridgehead atoms. The van der Waals surface area contributed by atoms with Crippen molar-refractivity contribution < 1.29 is 9.53 Å². The smallest absolute Gasteiger partial charge is 0.257 e. The zero-order valence-electron chi connectivity index (χ0n) is 24.3. The van der Waals surface area contributed by atoms with Gasteiger partial charge in [-0.1, -0.05) is 42.5 Å². The summed E-state index contributed by atoms with van der Waals surface area (Å²) in [6, 6.07) is 24.7. The van der Waals surface area contributed by atoms with Gasteiger partial charge >= 0.3 is 0 Å². The van der Waals surface area contributed by atoms with E-state index in [1.54, 1.807) is 4.90 Å². The molecule has 7 nitrogen and oxygen atoms in total. The number of likely N-dealkylation sites (N-methyl/N-ethyl adjacent to an activating group) is 2. The van der Waals surface area contributed by atoms with Crippen molar-refractivity contribution in [2.24, 2.45) is 0 Å². The van der Waals surface area contributed by atoms with E-state index < -0.39 is 0 Å². The van der Waals surface area contributed by atoms with Gasteiger partial charge in [0.15, 0.2) is 0 Å². The summed E-state index contributed by atoms with van der Waals surface area (Å²) < 4.78 is 6.29. The topological polar surface area (TPSA) is 64.7 Å². The van der Waals surface area contributed by atoms with Gasteiger partial charge in [0.1, 0.15) is 18.0 Å². The number of aromatic nitrogens is 2. The molecule has 2 aromatic heterocycles. The Morgan fingerprint density at radius 2 is 1.64 bits per heavy atom. The fourth-order valence-corrected chi connectivity index (χ4v) is 6.23. The lowest BCUT2D eigenvalue weighted by Crippen LogP contribution is -2.44. The van der Waals surface area contributed by atoms with Crippen LogP contribution in [0.15, 0.2) is 85.2 Å². The van der Waals surface area contributed by atoms with Gasteiger partial charge < -0.3 is 24.4 Å². The molecule has 2 aliphatic heterocycles. The van der Waals surface area contributed by atoms with Gasteiger partial charge in [-0.25, -0.2) is 4.98 Å². The molecule has 0 saturated carbocycles. The molecule has 0 aliphatic carbocycles. The number of rotatable bonds is 4. The number of H-pyrrole nitrogens is 1. The van der Waals surface area contributed by atoms with Gasteiger partial charge in [-0.2, -0.15) is 0 Å². The third-order valence-corrected chi connectivity index (χ3v) is 8.80. The summed E-state index contributed by atoms with van der Waals surface area (Å²) in [6.07, 6.45) is 3.92. The third-order valence-electron chi connectivity index (χ3n) is 8.80. The standard InChI is InChI=1S/C35H35N5O2/c1-23-17-25(10-12-31(23)40-15-13-38(2)14-16-40)27-18-29-30(21-37-34(29)36-20-27)26-9-11-28-33(19-26)42-22-32(39(3)35(28)41)24-7-5-4-6-8-24/h4-12,17-21,32H,13-16,22H2,1-3H3,(H,36,37).